The van der Waals surface area contributed by atoms with Crippen molar-refractivity contribution in [3.63, 3.8) is 0 Å². The van der Waals surface area contributed by atoms with Gasteiger partial charge in [-0.2, -0.15) is 0 Å². The van der Waals surface area contributed by atoms with E-state index in [2.05, 4.69) is 21.2 Å². The summed E-state index contributed by atoms with van der Waals surface area (Å²) in [5.74, 6) is 0.0839. The summed E-state index contributed by atoms with van der Waals surface area (Å²) in [4.78, 5) is 11.5. The summed E-state index contributed by atoms with van der Waals surface area (Å²) in [6.45, 7) is 0. The molecule has 0 aromatic heterocycles. The molecule has 0 saturated heterocycles. The minimum Gasteiger partial charge on any atom is -0.495 e. The number of carbonyl (C=O) groups is 1. The lowest BCUT2D eigenvalue weighted by Crippen LogP contribution is -2.14. The van der Waals surface area contributed by atoms with Gasteiger partial charge in [-0.25, -0.2) is 0 Å². The molecule has 1 amide bonds. The van der Waals surface area contributed by atoms with Crippen molar-refractivity contribution in [2.24, 2.45) is 5.73 Å². The van der Waals surface area contributed by atoms with Crippen LogP contribution in [-0.4, -0.2) is 13.0 Å². The molecule has 0 bridgehead atoms. The Hall–Kier alpha value is -2.21. The third-order valence-corrected chi connectivity index (χ3v) is 3.28. The molecule has 0 spiro atoms. The van der Waals surface area contributed by atoms with E-state index >= 15 is 0 Å². The van der Waals surface area contributed by atoms with E-state index in [0.717, 1.165) is 4.47 Å². The number of anilines is 3. The Morgan fingerprint density at radius 1 is 1.30 bits per heavy atom. The van der Waals surface area contributed by atoms with E-state index < -0.39 is 5.91 Å². The molecule has 104 valence electrons. The van der Waals surface area contributed by atoms with Gasteiger partial charge in [-0.05, 0) is 30.3 Å². The SMILES string of the molecule is COc1ccc(Br)cc1Nc1c(N)cccc1C(N)=O. The number of rotatable bonds is 4. The average Bonchev–Trinajstić information content (AvgIpc) is 2.41. The van der Waals surface area contributed by atoms with Crippen molar-refractivity contribution >= 4 is 38.9 Å². The Kier molecular flexibility index (Phi) is 4.14. The Bertz CT molecular complexity index is 659. The molecule has 0 saturated carbocycles. The number of primary amides is 1. The second kappa shape index (κ2) is 5.83. The quantitative estimate of drug-likeness (QED) is 0.749. The Balaban J connectivity index is 2.50. The molecule has 2 rings (SSSR count). The molecule has 5 nitrogen and oxygen atoms in total. The highest BCUT2D eigenvalue weighted by atomic mass is 79.9. The lowest BCUT2D eigenvalue weighted by molar-refractivity contribution is 0.100. The summed E-state index contributed by atoms with van der Waals surface area (Å²) in [7, 11) is 1.57. The smallest absolute Gasteiger partial charge is 0.250 e. The summed E-state index contributed by atoms with van der Waals surface area (Å²) in [6.07, 6.45) is 0. The Labute approximate surface area is 125 Å². The first-order valence-corrected chi connectivity index (χ1v) is 6.61. The minimum absolute atomic E-state index is 0.326. The Morgan fingerprint density at radius 3 is 2.70 bits per heavy atom. The molecule has 2 aromatic rings. The molecule has 0 atom stereocenters. The number of halogens is 1. The van der Waals surface area contributed by atoms with Crippen LogP contribution < -0.4 is 21.5 Å². The van der Waals surface area contributed by atoms with E-state index in [1.54, 1.807) is 31.4 Å². The lowest BCUT2D eigenvalue weighted by Gasteiger charge is -2.15. The van der Waals surface area contributed by atoms with E-state index in [1.807, 2.05) is 12.1 Å². The number of nitrogens with two attached hydrogens (primary N) is 2. The van der Waals surface area contributed by atoms with E-state index in [1.165, 1.54) is 0 Å². The van der Waals surface area contributed by atoms with Crippen molar-refractivity contribution < 1.29 is 9.53 Å². The molecule has 0 radical (unpaired) electrons. The number of amides is 1. The van der Waals surface area contributed by atoms with Crippen LogP contribution in [0.4, 0.5) is 17.1 Å². The summed E-state index contributed by atoms with van der Waals surface area (Å²) < 4.78 is 6.14. The van der Waals surface area contributed by atoms with Gasteiger partial charge in [0, 0.05) is 4.47 Å². The molecule has 0 aliphatic rings. The monoisotopic (exact) mass is 335 g/mol. The second-order valence-electron chi connectivity index (χ2n) is 4.10. The van der Waals surface area contributed by atoms with Gasteiger partial charge in [0.15, 0.2) is 0 Å². The van der Waals surface area contributed by atoms with Gasteiger partial charge in [0.1, 0.15) is 5.75 Å². The van der Waals surface area contributed by atoms with Crippen molar-refractivity contribution in [1.82, 2.24) is 0 Å². The van der Waals surface area contributed by atoms with Gasteiger partial charge in [-0.15, -0.1) is 0 Å². The van der Waals surface area contributed by atoms with E-state index in [4.69, 9.17) is 16.2 Å². The van der Waals surface area contributed by atoms with Crippen molar-refractivity contribution in [3.8, 4) is 5.75 Å². The van der Waals surface area contributed by atoms with Crippen LogP contribution in [0.25, 0.3) is 0 Å². The second-order valence-corrected chi connectivity index (χ2v) is 5.02. The maximum atomic E-state index is 11.5. The average molecular weight is 336 g/mol. The summed E-state index contributed by atoms with van der Waals surface area (Å²) in [5, 5.41) is 3.10. The summed E-state index contributed by atoms with van der Waals surface area (Å²) >= 11 is 3.39. The van der Waals surface area contributed by atoms with Gasteiger partial charge in [-0.1, -0.05) is 22.0 Å². The first-order chi connectivity index (χ1) is 9.52. The third-order valence-electron chi connectivity index (χ3n) is 2.78. The van der Waals surface area contributed by atoms with Crippen LogP contribution in [-0.2, 0) is 0 Å². The largest absolute Gasteiger partial charge is 0.495 e. The van der Waals surface area contributed by atoms with Gasteiger partial charge < -0.3 is 21.5 Å². The zero-order valence-electron chi connectivity index (χ0n) is 10.8. The predicted octanol–water partition coefficient (Wildman–Crippen LogP) is 2.88. The highest BCUT2D eigenvalue weighted by Crippen LogP contribution is 2.34. The number of methoxy groups -OCH3 is 1. The number of ether oxygens (including phenoxy) is 1. The third kappa shape index (κ3) is 2.85. The first kappa shape index (κ1) is 14.2. The van der Waals surface area contributed by atoms with Crippen LogP contribution >= 0.6 is 15.9 Å². The first-order valence-electron chi connectivity index (χ1n) is 5.81. The fourth-order valence-corrected chi connectivity index (χ4v) is 2.19. The van der Waals surface area contributed by atoms with Crippen molar-refractivity contribution in [3.05, 3.63) is 46.4 Å². The molecule has 2 aromatic carbocycles. The molecule has 0 heterocycles. The fourth-order valence-electron chi connectivity index (χ4n) is 1.83. The van der Waals surface area contributed by atoms with Gasteiger partial charge in [0.2, 0.25) is 0 Å². The number of benzene rings is 2. The normalized spacial score (nSPS) is 10.1. The number of para-hydroxylation sites is 1. The molecule has 20 heavy (non-hydrogen) atoms. The Morgan fingerprint density at radius 2 is 2.05 bits per heavy atom. The maximum absolute atomic E-state index is 11.5. The minimum atomic E-state index is -0.547. The summed E-state index contributed by atoms with van der Waals surface area (Å²) in [6, 6.07) is 10.5. The zero-order chi connectivity index (χ0) is 14.7. The highest BCUT2D eigenvalue weighted by Gasteiger charge is 2.13. The zero-order valence-corrected chi connectivity index (χ0v) is 12.4. The van der Waals surface area contributed by atoms with Gasteiger partial charge >= 0.3 is 0 Å². The van der Waals surface area contributed by atoms with Gasteiger partial charge in [0.25, 0.3) is 5.91 Å². The van der Waals surface area contributed by atoms with Crippen molar-refractivity contribution in [2.45, 2.75) is 0 Å². The number of hydrogen-bond donors (Lipinski definition) is 3. The van der Waals surface area contributed by atoms with Crippen LogP contribution in [0.15, 0.2) is 40.9 Å². The summed E-state index contributed by atoms with van der Waals surface area (Å²) in [5.41, 5.74) is 13.2. The van der Waals surface area contributed by atoms with Crippen LogP contribution in [0.3, 0.4) is 0 Å². The molecular formula is C14H14BrN3O2. The molecule has 0 unspecified atom stereocenters. The predicted molar refractivity (Wildman–Crippen MR) is 83.3 cm³/mol. The van der Waals surface area contributed by atoms with Gasteiger partial charge in [0.05, 0.1) is 29.7 Å². The lowest BCUT2D eigenvalue weighted by atomic mass is 10.1. The number of nitrogen functional groups attached to an aromatic ring is 1. The van der Waals surface area contributed by atoms with E-state index in [9.17, 15) is 4.79 Å². The van der Waals surface area contributed by atoms with Crippen molar-refractivity contribution in [1.29, 1.82) is 0 Å². The molecular weight excluding hydrogens is 322 g/mol. The fraction of sp³-hybridized carbons (Fsp3) is 0.0714. The number of carbonyl (C=O) groups excluding carboxylic acids is 1. The van der Waals surface area contributed by atoms with Crippen molar-refractivity contribution in [2.75, 3.05) is 18.2 Å². The highest BCUT2D eigenvalue weighted by molar-refractivity contribution is 9.10. The molecule has 0 aliphatic carbocycles. The topological polar surface area (TPSA) is 90.4 Å². The van der Waals surface area contributed by atoms with Crippen LogP contribution in [0.1, 0.15) is 10.4 Å². The van der Waals surface area contributed by atoms with Crippen LogP contribution in [0, 0.1) is 0 Å². The number of hydrogen-bond acceptors (Lipinski definition) is 4. The standard InChI is InChI=1S/C14H14BrN3O2/c1-20-12-6-5-8(15)7-11(12)18-13-9(14(17)19)3-2-4-10(13)16/h2-7,18H,16H2,1H3,(H2,17,19). The molecule has 5 N–H and O–H groups in total. The molecule has 0 fully saturated rings. The van der Waals surface area contributed by atoms with E-state index in [0.29, 0.717) is 28.4 Å². The van der Waals surface area contributed by atoms with Crippen LogP contribution in [0.5, 0.6) is 5.75 Å². The van der Waals surface area contributed by atoms with Gasteiger partial charge in [-0.3, -0.25) is 4.79 Å². The number of nitrogens with one attached hydrogen (secondary N) is 1. The molecule has 6 heteroatoms. The maximum Gasteiger partial charge on any atom is 0.250 e. The molecule has 0 aliphatic heterocycles. The van der Waals surface area contributed by atoms with E-state index in [-0.39, 0.29) is 0 Å². The van der Waals surface area contributed by atoms with Crippen LogP contribution in [0.2, 0.25) is 0 Å².